The van der Waals surface area contributed by atoms with Gasteiger partial charge in [0.2, 0.25) is 0 Å². The van der Waals surface area contributed by atoms with E-state index in [1.54, 1.807) is 0 Å². The fourth-order valence-electron chi connectivity index (χ4n) is 1.73. The molecule has 18 heavy (non-hydrogen) atoms. The highest BCUT2D eigenvalue weighted by Gasteiger charge is 2.07. The van der Waals surface area contributed by atoms with E-state index in [1.165, 1.54) is 12.0 Å². The molecule has 1 aromatic rings. The van der Waals surface area contributed by atoms with Crippen LogP contribution < -0.4 is 10.1 Å². The average Bonchev–Trinajstić information content (AvgIpc) is 2.32. The van der Waals surface area contributed by atoms with E-state index < -0.39 is 0 Å². The van der Waals surface area contributed by atoms with Gasteiger partial charge in [-0.2, -0.15) is 0 Å². The molecule has 0 aromatic heterocycles. The molecule has 1 rings (SSSR count). The van der Waals surface area contributed by atoms with Crippen molar-refractivity contribution in [3.05, 3.63) is 29.8 Å². The first kappa shape index (κ1) is 15.0. The molecular weight excluding hydrogens is 222 g/mol. The van der Waals surface area contributed by atoms with Gasteiger partial charge in [-0.3, -0.25) is 0 Å². The van der Waals surface area contributed by atoms with Crippen LogP contribution in [0.3, 0.4) is 0 Å². The van der Waals surface area contributed by atoms with Crippen molar-refractivity contribution in [2.45, 2.75) is 52.5 Å². The fraction of sp³-hybridized carbons (Fsp3) is 0.625. The largest absolute Gasteiger partial charge is 0.494 e. The van der Waals surface area contributed by atoms with E-state index in [-0.39, 0.29) is 5.54 Å². The van der Waals surface area contributed by atoms with Gasteiger partial charge in [0, 0.05) is 5.54 Å². The molecule has 2 nitrogen and oxygen atoms in total. The number of benzene rings is 1. The predicted molar refractivity (Wildman–Crippen MR) is 78.3 cm³/mol. The molecule has 0 saturated carbocycles. The van der Waals surface area contributed by atoms with E-state index in [0.717, 1.165) is 31.7 Å². The molecular formula is C16H27NO. The summed E-state index contributed by atoms with van der Waals surface area (Å²) in [6.45, 7) is 10.6. The van der Waals surface area contributed by atoms with Gasteiger partial charge in [0.25, 0.3) is 0 Å². The van der Waals surface area contributed by atoms with Crippen molar-refractivity contribution in [2.24, 2.45) is 0 Å². The van der Waals surface area contributed by atoms with Crippen molar-refractivity contribution in [2.75, 3.05) is 13.2 Å². The Kier molecular flexibility index (Phi) is 6.20. The zero-order chi connectivity index (χ0) is 13.4. The maximum Gasteiger partial charge on any atom is 0.119 e. The second kappa shape index (κ2) is 7.42. The van der Waals surface area contributed by atoms with Gasteiger partial charge in [-0.1, -0.05) is 19.1 Å². The fourth-order valence-corrected chi connectivity index (χ4v) is 1.73. The van der Waals surface area contributed by atoms with E-state index in [0.29, 0.717) is 0 Å². The summed E-state index contributed by atoms with van der Waals surface area (Å²) in [6.07, 6.45) is 3.35. The van der Waals surface area contributed by atoms with E-state index in [9.17, 15) is 0 Å². The zero-order valence-corrected chi connectivity index (χ0v) is 12.3. The Morgan fingerprint density at radius 3 is 2.33 bits per heavy atom. The van der Waals surface area contributed by atoms with Crippen molar-refractivity contribution in [3.63, 3.8) is 0 Å². The quantitative estimate of drug-likeness (QED) is 0.742. The molecule has 0 aliphatic rings. The van der Waals surface area contributed by atoms with Crippen molar-refractivity contribution in [3.8, 4) is 5.75 Å². The molecule has 2 heteroatoms. The maximum absolute atomic E-state index is 5.57. The van der Waals surface area contributed by atoms with Crippen molar-refractivity contribution >= 4 is 0 Å². The second-order valence-corrected chi connectivity index (χ2v) is 5.77. The van der Waals surface area contributed by atoms with Crippen molar-refractivity contribution in [1.29, 1.82) is 0 Å². The minimum absolute atomic E-state index is 0.220. The number of ether oxygens (including phenoxy) is 1. The lowest BCUT2D eigenvalue weighted by atomic mass is 10.1. The van der Waals surface area contributed by atoms with Gasteiger partial charge in [-0.15, -0.1) is 0 Å². The number of nitrogens with one attached hydrogen (secondary N) is 1. The number of rotatable bonds is 7. The number of aryl methyl sites for hydroxylation is 1. The Balaban J connectivity index is 2.26. The Morgan fingerprint density at radius 2 is 1.78 bits per heavy atom. The van der Waals surface area contributed by atoms with Crippen LogP contribution in [0.4, 0.5) is 0 Å². The molecule has 0 spiro atoms. The summed E-state index contributed by atoms with van der Waals surface area (Å²) in [6, 6.07) is 8.48. The molecule has 0 atom stereocenters. The molecule has 0 aliphatic heterocycles. The van der Waals surface area contributed by atoms with Crippen LogP contribution in [0.2, 0.25) is 0 Å². The minimum atomic E-state index is 0.220. The SMILES string of the molecule is CCCOc1ccc(CCCNC(C)(C)C)cc1. The van der Waals surface area contributed by atoms with Crippen LogP contribution in [-0.2, 0) is 6.42 Å². The predicted octanol–water partition coefficient (Wildman–Crippen LogP) is 3.80. The lowest BCUT2D eigenvalue weighted by molar-refractivity contribution is 0.317. The molecule has 0 saturated heterocycles. The van der Waals surface area contributed by atoms with Crippen LogP contribution in [0, 0.1) is 0 Å². The van der Waals surface area contributed by atoms with Gasteiger partial charge in [0.05, 0.1) is 6.61 Å². The van der Waals surface area contributed by atoms with Gasteiger partial charge < -0.3 is 10.1 Å². The summed E-state index contributed by atoms with van der Waals surface area (Å²) in [4.78, 5) is 0. The Bertz CT molecular complexity index is 324. The molecule has 0 aliphatic carbocycles. The summed E-state index contributed by atoms with van der Waals surface area (Å²) in [5.41, 5.74) is 1.60. The Labute approximate surface area is 112 Å². The molecule has 0 radical (unpaired) electrons. The summed E-state index contributed by atoms with van der Waals surface area (Å²) in [7, 11) is 0. The molecule has 102 valence electrons. The summed E-state index contributed by atoms with van der Waals surface area (Å²) < 4.78 is 5.57. The molecule has 0 unspecified atom stereocenters. The summed E-state index contributed by atoms with van der Waals surface area (Å²) in [5, 5.41) is 3.51. The van der Waals surface area contributed by atoms with Crippen LogP contribution in [-0.4, -0.2) is 18.7 Å². The van der Waals surface area contributed by atoms with E-state index >= 15 is 0 Å². The van der Waals surface area contributed by atoms with Gasteiger partial charge in [0.1, 0.15) is 5.75 Å². The van der Waals surface area contributed by atoms with Crippen LogP contribution in [0.5, 0.6) is 5.75 Å². The van der Waals surface area contributed by atoms with Crippen LogP contribution in [0.25, 0.3) is 0 Å². The second-order valence-electron chi connectivity index (χ2n) is 5.77. The standard InChI is InChI=1S/C16H27NO/c1-5-13-18-15-10-8-14(9-11-15)7-6-12-17-16(2,3)4/h8-11,17H,5-7,12-13H2,1-4H3. The Morgan fingerprint density at radius 1 is 1.11 bits per heavy atom. The first-order chi connectivity index (χ1) is 8.51. The van der Waals surface area contributed by atoms with Crippen LogP contribution in [0.15, 0.2) is 24.3 Å². The molecule has 0 bridgehead atoms. The third-order valence-corrected chi connectivity index (χ3v) is 2.69. The normalized spacial score (nSPS) is 11.6. The first-order valence-electron chi connectivity index (χ1n) is 6.98. The van der Waals surface area contributed by atoms with E-state index in [1.807, 2.05) is 0 Å². The molecule has 0 heterocycles. The first-order valence-corrected chi connectivity index (χ1v) is 6.98. The summed E-state index contributed by atoms with van der Waals surface area (Å²) in [5.74, 6) is 0.980. The Hall–Kier alpha value is -1.02. The minimum Gasteiger partial charge on any atom is -0.494 e. The highest BCUT2D eigenvalue weighted by Crippen LogP contribution is 2.13. The topological polar surface area (TPSA) is 21.3 Å². The van der Waals surface area contributed by atoms with E-state index in [2.05, 4.69) is 57.3 Å². The maximum atomic E-state index is 5.57. The molecule has 0 fully saturated rings. The lowest BCUT2D eigenvalue weighted by Crippen LogP contribution is -2.36. The van der Waals surface area contributed by atoms with Gasteiger partial charge in [-0.05, 0) is 64.3 Å². The third-order valence-electron chi connectivity index (χ3n) is 2.69. The van der Waals surface area contributed by atoms with Gasteiger partial charge in [-0.25, -0.2) is 0 Å². The average molecular weight is 249 g/mol. The van der Waals surface area contributed by atoms with Gasteiger partial charge >= 0.3 is 0 Å². The van der Waals surface area contributed by atoms with Crippen LogP contribution in [0.1, 0.15) is 46.1 Å². The molecule has 0 amide bonds. The monoisotopic (exact) mass is 249 g/mol. The number of hydrogen-bond donors (Lipinski definition) is 1. The zero-order valence-electron chi connectivity index (χ0n) is 12.3. The lowest BCUT2D eigenvalue weighted by Gasteiger charge is -2.20. The van der Waals surface area contributed by atoms with Crippen molar-refractivity contribution in [1.82, 2.24) is 5.32 Å². The van der Waals surface area contributed by atoms with Crippen molar-refractivity contribution < 1.29 is 4.74 Å². The third kappa shape index (κ3) is 6.65. The summed E-state index contributed by atoms with van der Waals surface area (Å²) >= 11 is 0. The highest BCUT2D eigenvalue weighted by molar-refractivity contribution is 5.27. The number of hydrogen-bond acceptors (Lipinski definition) is 2. The molecule has 1 N–H and O–H groups in total. The van der Waals surface area contributed by atoms with Gasteiger partial charge in [0.15, 0.2) is 0 Å². The highest BCUT2D eigenvalue weighted by atomic mass is 16.5. The van der Waals surface area contributed by atoms with Crippen LogP contribution >= 0.6 is 0 Å². The smallest absolute Gasteiger partial charge is 0.119 e. The van der Waals surface area contributed by atoms with E-state index in [4.69, 9.17) is 4.74 Å². The molecule has 1 aromatic carbocycles.